The van der Waals surface area contributed by atoms with Crippen LogP contribution in [0.25, 0.3) is 9.75 Å². The van der Waals surface area contributed by atoms with Crippen LogP contribution in [0.2, 0.25) is 0 Å². The molecule has 2 rings (SSSR count). The molecule has 0 aromatic carbocycles. The number of carbonyl (C=O) groups excluding carboxylic acids is 1. The number of nitrogens with one attached hydrogen (secondary N) is 1. The van der Waals surface area contributed by atoms with Crippen LogP contribution >= 0.6 is 35.1 Å². The molecule has 4 nitrogen and oxygen atoms in total. The molecule has 0 aliphatic rings. The largest absolute Gasteiger partial charge is 0.349 e. The van der Waals surface area contributed by atoms with Gasteiger partial charge in [0.25, 0.3) is 5.91 Å². The summed E-state index contributed by atoms with van der Waals surface area (Å²) in [6, 6.07) is 3.94. The number of carbonyl (C=O) groups is 1. The van der Waals surface area contributed by atoms with Crippen molar-refractivity contribution in [1.82, 2.24) is 10.3 Å². The minimum Gasteiger partial charge on any atom is -0.349 e. The summed E-state index contributed by atoms with van der Waals surface area (Å²) in [7, 11) is 0. The second-order valence-electron chi connectivity index (χ2n) is 3.05. The zero-order valence-electron chi connectivity index (χ0n) is 8.88. The van der Waals surface area contributed by atoms with E-state index in [0.717, 1.165) is 9.75 Å². The summed E-state index contributed by atoms with van der Waals surface area (Å²) in [4.78, 5) is 17.9. The first-order valence-electron chi connectivity index (χ1n) is 4.78. The number of thiazole rings is 1. The topological polar surface area (TPSA) is 68.0 Å². The van der Waals surface area contributed by atoms with Crippen molar-refractivity contribution in [2.75, 3.05) is 13.1 Å². The van der Waals surface area contributed by atoms with E-state index >= 15 is 0 Å². The van der Waals surface area contributed by atoms with E-state index in [9.17, 15) is 4.79 Å². The van der Waals surface area contributed by atoms with Gasteiger partial charge in [0.1, 0.15) is 5.69 Å². The van der Waals surface area contributed by atoms with E-state index in [1.54, 1.807) is 16.8 Å². The number of halogens is 1. The van der Waals surface area contributed by atoms with Crippen molar-refractivity contribution >= 4 is 41.0 Å². The van der Waals surface area contributed by atoms with Crippen LogP contribution in [0.5, 0.6) is 0 Å². The Morgan fingerprint density at radius 1 is 1.47 bits per heavy atom. The zero-order valence-corrected chi connectivity index (χ0v) is 11.3. The van der Waals surface area contributed by atoms with Crippen LogP contribution in [0.1, 0.15) is 10.5 Å². The smallest absolute Gasteiger partial charge is 0.271 e. The van der Waals surface area contributed by atoms with Gasteiger partial charge in [-0.3, -0.25) is 4.79 Å². The molecule has 0 fully saturated rings. The Morgan fingerprint density at radius 2 is 2.29 bits per heavy atom. The molecule has 0 aliphatic carbocycles. The number of thiophene rings is 1. The lowest BCUT2D eigenvalue weighted by Gasteiger charge is -2.02. The molecule has 0 saturated heterocycles. The van der Waals surface area contributed by atoms with Gasteiger partial charge >= 0.3 is 0 Å². The van der Waals surface area contributed by atoms with Gasteiger partial charge in [0, 0.05) is 18.0 Å². The molecular weight excluding hydrogens is 278 g/mol. The van der Waals surface area contributed by atoms with Crippen LogP contribution in [-0.2, 0) is 0 Å². The maximum absolute atomic E-state index is 11.8. The number of aromatic nitrogens is 1. The standard InChI is InChI=1S/C10H11N3OS2.ClH/c11-3-4-12-10(14)8-9(16-6-13-8)7-2-1-5-15-7;/h1-2,5-6H,3-4,11H2,(H,12,14);1H. The molecule has 0 aliphatic heterocycles. The number of rotatable bonds is 4. The molecular formula is C10H12ClN3OS2. The molecule has 92 valence electrons. The third kappa shape index (κ3) is 3.26. The first-order chi connectivity index (χ1) is 7.83. The number of hydrogen-bond acceptors (Lipinski definition) is 5. The van der Waals surface area contributed by atoms with Crippen molar-refractivity contribution < 1.29 is 4.79 Å². The highest BCUT2D eigenvalue weighted by Crippen LogP contribution is 2.31. The number of nitrogens with two attached hydrogens (primary N) is 1. The Bertz CT molecular complexity index is 470. The van der Waals surface area contributed by atoms with Gasteiger partial charge in [-0.15, -0.1) is 35.1 Å². The van der Waals surface area contributed by atoms with Crippen LogP contribution < -0.4 is 11.1 Å². The van der Waals surface area contributed by atoms with Crippen LogP contribution in [0, 0.1) is 0 Å². The van der Waals surface area contributed by atoms with Gasteiger partial charge < -0.3 is 11.1 Å². The predicted molar refractivity (Wildman–Crippen MR) is 74.1 cm³/mol. The lowest BCUT2D eigenvalue weighted by molar-refractivity contribution is 0.0951. The highest BCUT2D eigenvalue weighted by Gasteiger charge is 2.16. The van der Waals surface area contributed by atoms with Crippen LogP contribution in [0.3, 0.4) is 0 Å². The number of hydrogen-bond donors (Lipinski definition) is 2. The Balaban J connectivity index is 0.00000144. The molecule has 0 spiro atoms. The van der Waals surface area contributed by atoms with E-state index in [4.69, 9.17) is 5.73 Å². The maximum atomic E-state index is 11.8. The van der Waals surface area contributed by atoms with E-state index in [0.29, 0.717) is 18.8 Å². The fraction of sp³-hybridized carbons (Fsp3) is 0.200. The van der Waals surface area contributed by atoms with Crippen molar-refractivity contribution in [2.45, 2.75) is 0 Å². The second-order valence-corrected chi connectivity index (χ2v) is 4.85. The summed E-state index contributed by atoms with van der Waals surface area (Å²) in [6.07, 6.45) is 0. The maximum Gasteiger partial charge on any atom is 0.271 e. The monoisotopic (exact) mass is 289 g/mol. The molecule has 17 heavy (non-hydrogen) atoms. The molecule has 2 heterocycles. The lowest BCUT2D eigenvalue weighted by atomic mass is 10.3. The summed E-state index contributed by atoms with van der Waals surface area (Å²) >= 11 is 3.08. The highest BCUT2D eigenvalue weighted by atomic mass is 35.5. The van der Waals surface area contributed by atoms with Crippen molar-refractivity contribution in [3.63, 3.8) is 0 Å². The zero-order chi connectivity index (χ0) is 11.4. The summed E-state index contributed by atoms with van der Waals surface area (Å²) in [6.45, 7) is 0.907. The summed E-state index contributed by atoms with van der Waals surface area (Å²) in [5.74, 6) is -0.157. The Morgan fingerprint density at radius 3 is 2.94 bits per heavy atom. The highest BCUT2D eigenvalue weighted by molar-refractivity contribution is 7.20. The molecule has 2 aromatic rings. The fourth-order valence-corrected chi connectivity index (χ4v) is 2.92. The number of nitrogens with zero attached hydrogens (tertiary/aromatic N) is 1. The minimum atomic E-state index is -0.157. The van der Waals surface area contributed by atoms with E-state index in [1.807, 2.05) is 17.5 Å². The van der Waals surface area contributed by atoms with Crippen LogP contribution in [0.15, 0.2) is 23.0 Å². The lowest BCUT2D eigenvalue weighted by Crippen LogP contribution is -2.29. The van der Waals surface area contributed by atoms with Crippen molar-refractivity contribution in [3.05, 3.63) is 28.7 Å². The van der Waals surface area contributed by atoms with Gasteiger partial charge in [-0.25, -0.2) is 4.98 Å². The second kappa shape index (κ2) is 6.70. The third-order valence-electron chi connectivity index (χ3n) is 1.96. The van der Waals surface area contributed by atoms with Gasteiger partial charge in [-0.05, 0) is 11.4 Å². The first-order valence-corrected chi connectivity index (χ1v) is 6.54. The Labute approximate surface area is 113 Å². The van der Waals surface area contributed by atoms with Crippen LogP contribution in [0.4, 0.5) is 0 Å². The quantitative estimate of drug-likeness (QED) is 0.904. The van der Waals surface area contributed by atoms with E-state index in [-0.39, 0.29) is 18.3 Å². The van der Waals surface area contributed by atoms with Crippen molar-refractivity contribution in [1.29, 1.82) is 0 Å². The summed E-state index contributed by atoms with van der Waals surface area (Å²) in [5, 5.41) is 4.70. The van der Waals surface area contributed by atoms with Crippen molar-refractivity contribution in [3.8, 4) is 9.75 Å². The third-order valence-corrected chi connectivity index (χ3v) is 3.83. The summed E-state index contributed by atoms with van der Waals surface area (Å²) < 4.78 is 0. The first kappa shape index (κ1) is 14.1. The van der Waals surface area contributed by atoms with Gasteiger partial charge in [0.05, 0.1) is 10.4 Å². The molecule has 0 radical (unpaired) electrons. The van der Waals surface area contributed by atoms with Crippen LogP contribution in [-0.4, -0.2) is 24.0 Å². The van der Waals surface area contributed by atoms with Crippen molar-refractivity contribution in [2.24, 2.45) is 5.73 Å². The van der Waals surface area contributed by atoms with Gasteiger partial charge in [0.2, 0.25) is 0 Å². The molecule has 2 aromatic heterocycles. The van der Waals surface area contributed by atoms with E-state index < -0.39 is 0 Å². The van der Waals surface area contributed by atoms with E-state index in [1.165, 1.54) is 11.3 Å². The average Bonchev–Trinajstić information content (AvgIpc) is 2.94. The normalized spacial score (nSPS) is 9.71. The molecule has 0 unspecified atom stereocenters. The van der Waals surface area contributed by atoms with Gasteiger partial charge in [0.15, 0.2) is 0 Å². The Kier molecular flexibility index (Phi) is 5.57. The molecule has 0 bridgehead atoms. The molecule has 3 N–H and O–H groups in total. The van der Waals surface area contributed by atoms with Gasteiger partial charge in [-0.2, -0.15) is 0 Å². The number of amides is 1. The van der Waals surface area contributed by atoms with E-state index in [2.05, 4.69) is 10.3 Å². The Hall–Kier alpha value is -0.950. The predicted octanol–water partition coefficient (Wildman–Crippen LogP) is 1.98. The molecule has 0 atom stereocenters. The molecule has 0 saturated carbocycles. The average molecular weight is 290 g/mol. The molecule has 1 amide bonds. The molecule has 7 heteroatoms. The summed E-state index contributed by atoms with van der Waals surface area (Å²) in [5.41, 5.74) is 7.51. The van der Waals surface area contributed by atoms with Gasteiger partial charge in [-0.1, -0.05) is 6.07 Å². The minimum absolute atomic E-state index is 0. The fourth-order valence-electron chi connectivity index (χ4n) is 1.26. The SMILES string of the molecule is Cl.NCCNC(=O)c1ncsc1-c1cccs1.